The number of hydrogen-bond acceptors (Lipinski definition) is 5. The second-order valence-electron chi connectivity index (χ2n) is 8.20. The lowest BCUT2D eigenvalue weighted by Gasteiger charge is -2.38. The van der Waals surface area contributed by atoms with Crippen molar-refractivity contribution in [3.63, 3.8) is 0 Å². The highest BCUT2D eigenvalue weighted by Gasteiger charge is 2.35. The first-order valence-electron chi connectivity index (χ1n) is 10.3. The number of hydrogen-bond donors (Lipinski definition) is 1. The third kappa shape index (κ3) is 4.17. The van der Waals surface area contributed by atoms with Crippen molar-refractivity contribution in [1.29, 1.82) is 0 Å². The number of rotatable bonds is 6. The summed E-state index contributed by atoms with van der Waals surface area (Å²) in [6.07, 6.45) is 2.42. The minimum atomic E-state index is -0.189. The molecule has 0 aliphatic carbocycles. The van der Waals surface area contributed by atoms with Gasteiger partial charge in [0.05, 0.1) is 38.8 Å². The third-order valence-corrected chi connectivity index (χ3v) is 5.94. The van der Waals surface area contributed by atoms with Crippen molar-refractivity contribution in [3.05, 3.63) is 35.9 Å². The number of nitrogens with zero attached hydrogens (tertiary/aromatic N) is 5. The zero-order chi connectivity index (χ0) is 19.5. The molecule has 0 spiro atoms. The van der Waals surface area contributed by atoms with Crippen LogP contribution in [0.2, 0.25) is 0 Å². The molecule has 0 amide bonds. The van der Waals surface area contributed by atoms with Gasteiger partial charge in [-0.2, -0.15) is 0 Å². The Morgan fingerprint density at radius 2 is 1.96 bits per heavy atom. The van der Waals surface area contributed by atoms with E-state index >= 15 is 0 Å². The van der Waals surface area contributed by atoms with Gasteiger partial charge in [-0.15, -0.1) is 5.10 Å². The van der Waals surface area contributed by atoms with E-state index in [2.05, 4.69) is 34.3 Å². The van der Waals surface area contributed by atoms with Crippen molar-refractivity contribution < 1.29 is 14.0 Å². The third-order valence-electron chi connectivity index (χ3n) is 5.94. The van der Waals surface area contributed by atoms with Crippen LogP contribution in [0.1, 0.15) is 38.6 Å². The molecule has 28 heavy (non-hydrogen) atoms. The summed E-state index contributed by atoms with van der Waals surface area (Å²) in [7, 11) is 0. The molecule has 1 N–H and O–H groups in total. The number of halogens is 1. The quantitative estimate of drug-likeness (QED) is 0.802. The largest absolute Gasteiger partial charge is 0.376 e. The second-order valence-corrected chi connectivity index (χ2v) is 8.20. The molecule has 2 atom stereocenters. The Kier molecular flexibility index (Phi) is 5.87. The topological polar surface area (TPSA) is 60.5 Å². The lowest BCUT2D eigenvalue weighted by molar-refractivity contribution is -0.937. The average Bonchev–Trinajstić information content (AvgIpc) is 3.36. The number of anilines is 1. The van der Waals surface area contributed by atoms with Crippen molar-refractivity contribution >= 4 is 5.69 Å². The standard InChI is InChI=1S/C20H29FN6O/c1-15(2)19(20-22-23-24-27(20)14-18-4-3-13-28-18)26-11-9-25(10-12-26)17-7-5-16(21)6-8-17/h5-8,15,18-19H,3-4,9-14H2,1-2H3/p+1/t18-,19+/m0/s1. The van der Waals surface area contributed by atoms with Gasteiger partial charge >= 0.3 is 0 Å². The molecule has 2 fully saturated rings. The summed E-state index contributed by atoms with van der Waals surface area (Å²) >= 11 is 0. The predicted molar refractivity (Wildman–Crippen MR) is 104 cm³/mol. The van der Waals surface area contributed by atoms with Gasteiger partial charge in [0.15, 0.2) is 6.04 Å². The monoisotopic (exact) mass is 389 g/mol. The van der Waals surface area contributed by atoms with Crippen LogP contribution in [-0.2, 0) is 11.3 Å². The summed E-state index contributed by atoms with van der Waals surface area (Å²) in [5.74, 6) is 1.21. The first kappa shape index (κ1) is 19.3. The smallest absolute Gasteiger partial charge is 0.209 e. The Labute approximate surface area is 165 Å². The van der Waals surface area contributed by atoms with Crippen molar-refractivity contribution in [1.82, 2.24) is 20.2 Å². The molecule has 0 saturated carbocycles. The molecule has 2 aromatic rings. The maximum atomic E-state index is 13.2. The highest BCUT2D eigenvalue weighted by molar-refractivity contribution is 5.46. The zero-order valence-electron chi connectivity index (χ0n) is 16.7. The normalized spacial score (nSPS) is 22.1. The van der Waals surface area contributed by atoms with Crippen LogP contribution in [0.4, 0.5) is 10.1 Å². The van der Waals surface area contributed by atoms with Crippen LogP contribution in [0.3, 0.4) is 0 Å². The fourth-order valence-corrected chi connectivity index (χ4v) is 4.51. The summed E-state index contributed by atoms with van der Waals surface area (Å²) in [6.45, 7) is 9.96. The van der Waals surface area contributed by atoms with Gasteiger partial charge in [-0.1, -0.05) is 13.8 Å². The van der Waals surface area contributed by atoms with Gasteiger partial charge in [-0.05, 0) is 47.5 Å². The summed E-state index contributed by atoms with van der Waals surface area (Å²) in [6, 6.07) is 7.05. The molecule has 7 nitrogen and oxygen atoms in total. The predicted octanol–water partition coefficient (Wildman–Crippen LogP) is 1.09. The number of ether oxygens (including phenoxy) is 1. The molecule has 0 unspecified atom stereocenters. The van der Waals surface area contributed by atoms with Gasteiger partial charge in [0.2, 0.25) is 5.82 Å². The van der Waals surface area contributed by atoms with Gasteiger partial charge in [0.1, 0.15) is 5.82 Å². The lowest BCUT2D eigenvalue weighted by Crippen LogP contribution is -3.15. The maximum absolute atomic E-state index is 13.2. The van der Waals surface area contributed by atoms with E-state index in [9.17, 15) is 4.39 Å². The van der Waals surface area contributed by atoms with Crippen LogP contribution < -0.4 is 9.80 Å². The van der Waals surface area contributed by atoms with E-state index in [4.69, 9.17) is 4.74 Å². The summed E-state index contributed by atoms with van der Waals surface area (Å²) < 4.78 is 20.9. The van der Waals surface area contributed by atoms with Crippen molar-refractivity contribution in [2.75, 3.05) is 37.7 Å². The van der Waals surface area contributed by atoms with Gasteiger partial charge in [-0.25, -0.2) is 9.07 Å². The van der Waals surface area contributed by atoms with Crippen LogP contribution in [0, 0.1) is 11.7 Å². The number of nitrogens with one attached hydrogen (secondary N) is 1. The highest BCUT2D eigenvalue weighted by Crippen LogP contribution is 2.20. The fraction of sp³-hybridized carbons (Fsp3) is 0.650. The molecular weight excluding hydrogens is 359 g/mol. The minimum Gasteiger partial charge on any atom is -0.376 e. The van der Waals surface area contributed by atoms with Crippen LogP contribution in [0.15, 0.2) is 24.3 Å². The Morgan fingerprint density at radius 1 is 1.21 bits per heavy atom. The maximum Gasteiger partial charge on any atom is 0.209 e. The van der Waals surface area contributed by atoms with E-state index in [1.54, 1.807) is 0 Å². The molecule has 2 aliphatic rings. The van der Waals surface area contributed by atoms with Gasteiger partial charge in [0.25, 0.3) is 0 Å². The number of tetrazole rings is 1. The summed E-state index contributed by atoms with van der Waals surface area (Å²) in [5, 5.41) is 12.7. The van der Waals surface area contributed by atoms with Crippen LogP contribution >= 0.6 is 0 Å². The lowest BCUT2D eigenvalue weighted by atomic mass is 10.0. The van der Waals surface area contributed by atoms with E-state index in [1.165, 1.54) is 17.0 Å². The second kappa shape index (κ2) is 8.53. The molecule has 8 heteroatoms. The Balaban J connectivity index is 1.44. The molecule has 4 rings (SSSR count). The van der Waals surface area contributed by atoms with Gasteiger partial charge in [0, 0.05) is 18.2 Å². The number of quaternary nitrogens is 1. The van der Waals surface area contributed by atoms with Crippen molar-refractivity contribution in [3.8, 4) is 0 Å². The molecule has 0 radical (unpaired) electrons. The zero-order valence-corrected chi connectivity index (χ0v) is 16.7. The summed E-state index contributed by atoms with van der Waals surface area (Å²) in [4.78, 5) is 3.84. The van der Waals surface area contributed by atoms with Crippen LogP contribution in [0.25, 0.3) is 0 Å². The summed E-state index contributed by atoms with van der Waals surface area (Å²) in [5.41, 5.74) is 1.09. The van der Waals surface area contributed by atoms with E-state index in [1.807, 2.05) is 16.8 Å². The Hall–Kier alpha value is -2.06. The van der Waals surface area contributed by atoms with Gasteiger partial charge in [-0.3, -0.25) is 0 Å². The van der Waals surface area contributed by atoms with Crippen molar-refractivity contribution in [2.45, 2.75) is 45.4 Å². The number of piperazine rings is 1. The Morgan fingerprint density at radius 3 is 2.61 bits per heavy atom. The fourth-order valence-electron chi connectivity index (χ4n) is 4.51. The molecule has 1 aromatic heterocycles. The molecular formula is C20H30FN6O+. The Bertz CT molecular complexity index is 750. The average molecular weight is 389 g/mol. The van der Waals surface area contributed by atoms with Crippen LogP contribution in [-0.4, -0.2) is 59.1 Å². The first-order chi connectivity index (χ1) is 13.6. The molecule has 2 saturated heterocycles. The molecule has 0 bridgehead atoms. The molecule has 2 aliphatic heterocycles. The number of aromatic nitrogens is 4. The highest BCUT2D eigenvalue weighted by atomic mass is 19.1. The SMILES string of the molecule is CC(C)[C@H](c1nnnn1C[C@@H]1CCCO1)[NH+]1CCN(c2ccc(F)cc2)CC1. The first-order valence-corrected chi connectivity index (χ1v) is 10.3. The molecule has 1 aromatic carbocycles. The minimum absolute atomic E-state index is 0.189. The van der Waals surface area contributed by atoms with E-state index in [0.717, 1.165) is 63.7 Å². The van der Waals surface area contributed by atoms with Gasteiger partial charge < -0.3 is 14.5 Å². The van der Waals surface area contributed by atoms with Crippen LogP contribution in [0.5, 0.6) is 0 Å². The van der Waals surface area contributed by atoms with E-state index < -0.39 is 0 Å². The molecule has 152 valence electrons. The number of benzene rings is 1. The van der Waals surface area contributed by atoms with E-state index in [0.29, 0.717) is 5.92 Å². The van der Waals surface area contributed by atoms with E-state index in [-0.39, 0.29) is 18.0 Å². The van der Waals surface area contributed by atoms with Crippen molar-refractivity contribution in [2.24, 2.45) is 5.92 Å². The molecule has 3 heterocycles.